The number of ether oxygens (including phenoxy) is 2. The van der Waals surface area contributed by atoms with E-state index in [1.54, 1.807) is 13.3 Å². The number of carboxylic acid groups (broad SMARTS) is 3. The number of aliphatic carboxylic acids is 3. The van der Waals surface area contributed by atoms with Gasteiger partial charge in [0.25, 0.3) is 0 Å². The van der Waals surface area contributed by atoms with Crippen LogP contribution in [0.4, 0.5) is 5.82 Å². The smallest absolute Gasteiger partial charge is 0.336 e. The van der Waals surface area contributed by atoms with Crippen LogP contribution < -0.4 is 10.1 Å². The molecule has 0 unspecified atom stereocenters. The molecule has 0 amide bonds. The highest BCUT2D eigenvalue weighted by molar-refractivity contribution is 5.88. The van der Waals surface area contributed by atoms with Crippen molar-refractivity contribution in [3.8, 4) is 17.3 Å². The molecule has 0 spiro atoms. The molecular formula is C32H41N5O9. The molecule has 1 aliphatic heterocycles. The molecule has 14 heteroatoms. The van der Waals surface area contributed by atoms with Crippen LogP contribution in [0.2, 0.25) is 0 Å². The molecule has 3 heterocycles. The summed E-state index contributed by atoms with van der Waals surface area (Å²) in [6, 6.07) is 14.1. The maximum atomic E-state index is 10.3. The number of rotatable bonds is 15. The van der Waals surface area contributed by atoms with Crippen LogP contribution in [-0.2, 0) is 38.6 Å². The van der Waals surface area contributed by atoms with Crippen LogP contribution in [0.3, 0.4) is 0 Å². The van der Waals surface area contributed by atoms with E-state index in [4.69, 9.17) is 39.9 Å². The normalized spacial score (nSPS) is 12.9. The molecule has 0 radical (unpaired) electrons. The van der Waals surface area contributed by atoms with E-state index < -0.39 is 36.4 Å². The molecule has 5 N–H and O–H groups in total. The first-order valence-electron chi connectivity index (χ1n) is 14.8. The van der Waals surface area contributed by atoms with Crippen LogP contribution in [0, 0.1) is 0 Å². The van der Waals surface area contributed by atoms with E-state index in [0.717, 1.165) is 68.6 Å². The van der Waals surface area contributed by atoms with E-state index in [-0.39, 0.29) is 6.10 Å². The molecule has 0 fully saturated rings. The van der Waals surface area contributed by atoms with E-state index in [0.29, 0.717) is 5.82 Å². The number of anilines is 1. The number of hydrogen-bond donors (Lipinski definition) is 5. The number of carboxylic acids is 3. The topological polar surface area (TPSA) is 205 Å². The summed E-state index contributed by atoms with van der Waals surface area (Å²) in [6.45, 7) is 8.31. The first-order valence-corrected chi connectivity index (χ1v) is 14.8. The molecular weight excluding hydrogens is 598 g/mol. The van der Waals surface area contributed by atoms with Crippen molar-refractivity contribution in [2.75, 3.05) is 32.1 Å². The van der Waals surface area contributed by atoms with Crippen molar-refractivity contribution in [3.05, 3.63) is 65.5 Å². The minimum Gasteiger partial charge on any atom is -0.497 e. The monoisotopic (exact) mass is 639 g/mol. The van der Waals surface area contributed by atoms with Gasteiger partial charge in [-0.1, -0.05) is 18.2 Å². The van der Waals surface area contributed by atoms with Crippen molar-refractivity contribution in [1.29, 1.82) is 0 Å². The fourth-order valence-corrected chi connectivity index (χ4v) is 4.66. The quantitative estimate of drug-likeness (QED) is 0.152. The minimum atomic E-state index is -2.74. The molecule has 2 aromatic heterocycles. The van der Waals surface area contributed by atoms with Crippen LogP contribution in [0.15, 0.2) is 48.7 Å². The number of fused-ring (bicyclic) bond motifs is 1. The van der Waals surface area contributed by atoms with Gasteiger partial charge in [-0.2, -0.15) is 0 Å². The highest BCUT2D eigenvalue weighted by Crippen LogP contribution is 2.28. The standard InChI is InChI=1S/C26H33N5O2.C6H8O7/c1-19(2)33-16-6-14-28-25-22-18-31(17-20-8-10-21(32-3)11-9-20)15-12-23(22)29-26(30-25)24-7-4-5-13-27-24;7-3(8)1-6(13,5(11)12)2-4(9)10/h4-5,7-11,13,19H,6,12,14-18H2,1-3H3,(H,28,29,30);13H,1-2H2,(H,7,8)(H,9,10)(H,11,12). The molecule has 0 saturated heterocycles. The number of carbonyl (C=O) groups is 3. The number of aromatic nitrogens is 3. The van der Waals surface area contributed by atoms with Crippen LogP contribution in [0.5, 0.6) is 5.75 Å². The van der Waals surface area contributed by atoms with Crippen LogP contribution in [-0.4, -0.2) is 96.7 Å². The Labute approximate surface area is 267 Å². The Kier molecular flexibility index (Phi) is 13.4. The second-order valence-electron chi connectivity index (χ2n) is 11.0. The van der Waals surface area contributed by atoms with E-state index in [1.807, 2.05) is 30.3 Å². The molecule has 4 rings (SSSR count). The van der Waals surface area contributed by atoms with Crippen LogP contribution in [0.25, 0.3) is 11.5 Å². The lowest BCUT2D eigenvalue weighted by Gasteiger charge is -2.30. The molecule has 46 heavy (non-hydrogen) atoms. The van der Waals surface area contributed by atoms with Gasteiger partial charge in [0.1, 0.15) is 17.3 Å². The summed E-state index contributed by atoms with van der Waals surface area (Å²) in [5.74, 6) is -2.55. The van der Waals surface area contributed by atoms with Gasteiger partial charge in [0.05, 0.1) is 31.7 Å². The Balaban J connectivity index is 0.000000376. The lowest BCUT2D eigenvalue weighted by molar-refractivity contribution is -0.170. The fourth-order valence-electron chi connectivity index (χ4n) is 4.66. The highest BCUT2D eigenvalue weighted by Gasteiger charge is 2.40. The van der Waals surface area contributed by atoms with E-state index >= 15 is 0 Å². The number of pyridine rings is 1. The SMILES string of the molecule is COc1ccc(CN2CCc3nc(-c4ccccn4)nc(NCCCOC(C)C)c3C2)cc1.O=C(O)CC(O)(CC(=O)O)C(=O)O. The number of benzene rings is 1. The fraction of sp³-hybridized carbons (Fsp3) is 0.438. The third-order valence-electron chi connectivity index (χ3n) is 6.95. The molecule has 0 bridgehead atoms. The Morgan fingerprint density at radius 3 is 2.28 bits per heavy atom. The van der Waals surface area contributed by atoms with Crippen molar-refractivity contribution in [1.82, 2.24) is 19.9 Å². The van der Waals surface area contributed by atoms with Gasteiger partial charge in [0.15, 0.2) is 11.4 Å². The maximum Gasteiger partial charge on any atom is 0.336 e. The summed E-state index contributed by atoms with van der Waals surface area (Å²) >= 11 is 0. The van der Waals surface area contributed by atoms with Gasteiger partial charge in [-0.05, 0) is 50.1 Å². The van der Waals surface area contributed by atoms with Crippen molar-refractivity contribution < 1.29 is 44.3 Å². The Hall–Kier alpha value is -4.66. The lowest BCUT2D eigenvalue weighted by Crippen LogP contribution is -2.42. The maximum absolute atomic E-state index is 10.3. The van der Waals surface area contributed by atoms with E-state index in [2.05, 4.69) is 41.2 Å². The number of nitrogens with zero attached hydrogens (tertiary/aromatic N) is 4. The molecule has 0 aliphatic carbocycles. The first kappa shape index (κ1) is 35.8. The highest BCUT2D eigenvalue weighted by atomic mass is 16.5. The third kappa shape index (κ3) is 11.1. The molecule has 0 atom stereocenters. The minimum absolute atomic E-state index is 0.249. The summed E-state index contributed by atoms with van der Waals surface area (Å²) in [7, 11) is 1.69. The number of nitrogens with one attached hydrogen (secondary N) is 1. The summed E-state index contributed by atoms with van der Waals surface area (Å²) in [5, 5.41) is 37.4. The Bertz CT molecular complexity index is 1440. The Morgan fingerprint density at radius 2 is 1.72 bits per heavy atom. The summed E-state index contributed by atoms with van der Waals surface area (Å²) in [6.07, 6.45) is 1.55. The zero-order valence-corrected chi connectivity index (χ0v) is 26.2. The van der Waals surface area contributed by atoms with Gasteiger partial charge in [-0.3, -0.25) is 19.5 Å². The number of methoxy groups -OCH3 is 1. The lowest BCUT2D eigenvalue weighted by atomic mass is 9.96. The van der Waals surface area contributed by atoms with Gasteiger partial charge in [0.2, 0.25) is 0 Å². The summed E-state index contributed by atoms with van der Waals surface area (Å²) in [5.41, 5.74) is 1.62. The van der Waals surface area contributed by atoms with Crippen LogP contribution >= 0.6 is 0 Å². The van der Waals surface area contributed by atoms with Crippen molar-refractivity contribution in [3.63, 3.8) is 0 Å². The molecule has 0 saturated carbocycles. The Morgan fingerprint density at radius 1 is 1.02 bits per heavy atom. The summed E-state index contributed by atoms with van der Waals surface area (Å²) < 4.78 is 11.0. The second kappa shape index (κ2) is 17.1. The molecule has 1 aliphatic rings. The third-order valence-corrected chi connectivity index (χ3v) is 6.95. The van der Waals surface area contributed by atoms with Crippen molar-refractivity contribution >= 4 is 23.7 Å². The zero-order chi connectivity index (χ0) is 33.7. The number of aliphatic hydroxyl groups is 1. The molecule has 3 aromatic rings. The molecule has 14 nitrogen and oxygen atoms in total. The average Bonchev–Trinajstić information content (AvgIpc) is 3.01. The molecule has 248 valence electrons. The second-order valence-corrected chi connectivity index (χ2v) is 11.0. The van der Waals surface area contributed by atoms with Crippen molar-refractivity contribution in [2.45, 2.75) is 64.3 Å². The van der Waals surface area contributed by atoms with Crippen molar-refractivity contribution in [2.24, 2.45) is 0 Å². The average molecular weight is 640 g/mol. The van der Waals surface area contributed by atoms with Gasteiger partial charge in [-0.15, -0.1) is 0 Å². The predicted octanol–water partition coefficient (Wildman–Crippen LogP) is 3.08. The molecule has 1 aromatic carbocycles. The van der Waals surface area contributed by atoms with Crippen LogP contribution in [0.1, 0.15) is 49.9 Å². The van der Waals surface area contributed by atoms with Gasteiger partial charge in [-0.25, -0.2) is 14.8 Å². The van der Waals surface area contributed by atoms with Gasteiger partial charge >= 0.3 is 17.9 Å². The van der Waals surface area contributed by atoms with Gasteiger partial charge in [0, 0.05) is 51.0 Å². The first-order chi connectivity index (χ1) is 21.9. The summed E-state index contributed by atoms with van der Waals surface area (Å²) in [4.78, 5) is 47.2. The largest absolute Gasteiger partial charge is 0.497 e. The van der Waals surface area contributed by atoms with Gasteiger partial charge < -0.3 is 35.2 Å². The predicted molar refractivity (Wildman–Crippen MR) is 167 cm³/mol. The van der Waals surface area contributed by atoms with E-state index in [1.165, 1.54) is 11.1 Å². The van der Waals surface area contributed by atoms with E-state index in [9.17, 15) is 14.4 Å². The zero-order valence-electron chi connectivity index (χ0n) is 26.2. The number of hydrogen-bond acceptors (Lipinski definition) is 11.